The van der Waals surface area contributed by atoms with Gasteiger partial charge in [-0.3, -0.25) is 9.10 Å². The van der Waals surface area contributed by atoms with Gasteiger partial charge in [0.1, 0.15) is 11.9 Å². The molecule has 0 aliphatic carbocycles. The van der Waals surface area contributed by atoms with Crippen molar-refractivity contribution in [3.8, 4) is 11.4 Å². The van der Waals surface area contributed by atoms with Gasteiger partial charge in [-0.15, -0.1) is 0 Å². The summed E-state index contributed by atoms with van der Waals surface area (Å²) < 4.78 is 44.1. The first-order chi connectivity index (χ1) is 14.3. The minimum absolute atomic E-state index is 0.0593. The molecular formula is C20H21FN4O4S. The summed E-state index contributed by atoms with van der Waals surface area (Å²) in [6, 6.07) is 13.1. The van der Waals surface area contributed by atoms with Crippen LogP contribution in [0.25, 0.3) is 11.4 Å². The molecule has 0 spiro atoms. The number of hydrogen-bond donors (Lipinski definition) is 1. The SMILES string of the molecule is CC[C@H](C(=O)NCc1nc(-c2ccccc2)no1)N(c1ccc(F)cc1)S(C)(=O)=O. The van der Waals surface area contributed by atoms with Crippen molar-refractivity contribution in [3.63, 3.8) is 0 Å². The quantitative estimate of drug-likeness (QED) is 0.587. The molecule has 0 saturated carbocycles. The lowest BCUT2D eigenvalue weighted by molar-refractivity contribution is -0.122. The third-order valence-electron chi connectivity index (χ3n) is 4.32. The van der Waals surface area contributed by atoms with Gasteiger partial charge < -0.3 is 9.84 Å². The van der Waals surface area contributed by atoms with Gasteiger partial charge in [0.15, 0.2) is 0 Å². The normalized spacial score (nSPS) is 12.4. The van der Waals surface area contributed by atoms with E-state index >= 15 is 0 Å². The molecule has 1 atom stereocenters. The highest BCUT2D eigenvalue weighted by atomic mass is 32.2. The number of rotatable bonds is 8. The molecule has 0 bridgehead atoms. The molecule has 0 saturated heterocycles. The highest BCUT2D eigenvalue weighted by Crippen LogP contribution is 2.23. The Morgan fingerprint density at radius 2 is 1.83 bits per heavy atom. The molecule has 0 fully saturated rings. The number of aromatic nitrogens is 2. The number of nitrogens with one attached hydrogen (secondary N) is 1. The Hall–Kier alpha value is -3.27. The molecule has 2 aromatic carbocycles. The fraction of sp³-hybridized carbons (Fsp3) is 0.250. The molecule has 0 unspecified atom stereocenters. The highest BCUT2D eigenvalue weighted by molar-refractivity contribution is 7.92. The van der Waals surface area contributed by atoms with Crippen LogP contribution in [0.5, 0.6) is 0 Å². The molecule has 158 valence electrons. The van der Waals surface area contributed by atoms with E-state index in [4.69, 9.17) is 4.52 Å². The van der Waals surface area contributed by atoms with Crippen LogP contribution in [0, 0.1) is 5.82 Å². The number of carbonyl (C=O) groups excluding carboxylic acids is 1. The Morgan fingerprint density at radius 1 is 1.17 bits per heavy atom. The first-order valence-electron chi connectivity index (χ1n) is 9.20. The number of nitrogens with zero attached hydrogens (tertiary/aromatic N) is 3. The van der Waals surface area contributed by atoms with E-state index in [9.17, 15) is 17.6 Å². The minimum Gasteiger partial charge on any atom is -0.345 e. The molecular weight excluding hydrogens is 411 g/mol. The van der Waals surface area contributed by atoms with Gasteiger partial charge in [-0.2, -0.15) is 4.98 Å². The summed E-state index contributed by atoms with van der Waals surface area (Å²) in [5, 5.41) is 6.51. The molecule has 1 amide bonds. The van der Waals surface area contributed by atoms with E-state index in [0.717, 1.165) is 28.3 Å². The van der Waals surface area contributed by atoms with Gasteiger partial charge in [0.2, 0.25) is 27.6 Å². The summed E-state index contributed by atoms with van der Waals surface area (Å²) in [5.74, 6) is -0.470. The summed E-state index contributed by atoms with van der Waals surface area (Å²) in [5.41, 5.74) is 0.967. The molecule has 1 N–H and O–H groups in total. The van der Waals surface area contributed by atoms with Gasteiger partial charge >= 0.3 is 0 Å². The zero-order chi connectivity index (χ0) is 21.7. The lowest BCUT2D eigenvalue weighted by Crippen LogP contribution is -2.49. The summed E-state index contributed by atoms with van der Waals surface area (Å²) in [6.45, 7) is 1.63. The second-order valence-corrected chi connectivity index (χ2v) is 8.41. The number of sulfonamides is 1. The Bertz CT molecular complexity index is 1100. The summed E-state index contributed by atoms with van der Waals surface area (Å²) >= 11 is 0. The number of benzene rings is 2. The Kier molecular flexibility index (Phi) is 6.46. The number of halogens is 1. The van der Waals surface area contributed by atoms with Crippen molar-refractivity contribution in [2.45, 2.75) is 25.9 Å². The van der Waals surface area contributed by atoms with Crippen LogP contribution in [0.4, 0.5) is 10.1 Å². The zero-order valence-corrected chi connectivity index (χ0v) is 17.3. The molecule has 1 aromatic heterocycles. The fourth-order valence-corrected chi connectivity index (χ4v) is 4.17. The van der Waals surface area contributed by atoms with Crippen LogP contribution in [-0.2, 0) is 21.4 Å². The molecule has 8 nitrogen and oxygen atoms in total. The van der Waals surface area contributed by atoms with E-state index in [1.54, 1.807) is 6.92 Å². The summed E-state index contributed by atoms with van der Waals surface area (Å²) in [7, 11) is -3.80. The zero-order valence-electron chi connectivity index (χ0n) is 16.4. The molecule has 3 rings (SSSR count). The van der Waals surface area contributed by atoms with Crippen LogP contribution in [0.3, 0.4) is 0 Å². The van der Waals surface area contributed by atoms with Crippen LogP contribution in [0.1, 0.15) is 19.2 Å². The van der Waals surface area contributed by atoms with E-state index in [1.165, 1.54) is 12.1 Å². The largest absolute Gasteiger partial charge is 0.345 e. The fourth-order valence-electron chi connectivity index (χ4n) is 2.96. The van der Waals surface area contributed by atoms with Gasteiger partial charge in [-0.05, 0) is 30.7 Å². The molecule has 30 heavy (non-hydrogen) atoms. The third-order valence-corrected chi connectivity index (χ3v) is 5.50. The van der Waals surface area contributed by atoms with Gasteiger partial charge in [0, 0.05) is 5.56 Å². The van der Waals surface area contributed by atoms with Crippen molar-refractivity contribution in [2.24, 2.45) is 0 Å². The lowest BCUT2D eigenvalue weighted by atomic mass is 10.2. The first kappa shape index (κ1) is 21.4. The van der Waals surface area contributed by atoms with Crippen molar-refractivity contribution in [3.05, 3.63) is 66.3 Å². The second-order valence-electron chi connectivity index (χ2n) is 6.55. The first-order valence-corrected chi connectivity index (χ1v) is 11.0. The average molecular weight is 432 g/mol. The van der Waals surface area contributed by atoms with Crippen molar-refractivity contribution in [2.75, 3.05) is 10.6 Å². The van der Waals surface area contributed by atoms with Crippen LogP contribution in [0.15, 0.2) is 59.1 Å². The van der Waals surface area contributed by atoms with E-state index in [2.05, 4.69) is 15.5 Å². The van der Waals surface area contributed by atoms with Crippen molar-refractivity contribution in [1.82, 2.24) is 15.5 Å². The third kappa shape index (κ3) is 5.01. The summed E-state index contributed by atoms with van der Waals surface area (Å²) in [4.78, 5) is 17.0. The topological polar surface area (TPSA) is 105 Å². The minimum atomic E-state index is -3.80. The standard InChI is InChI=1S/C20H21FN4O4S/c1-3-17(25(30(2,27)28)16-11-9-15(21)10-12-16)20(26)22-13-18-23-19(24-29-18)14-7-5-4-6-8-14/h4-12,17H,3,13H2,1-2H3,(H,22,26)/t17-/m1/s1. The molecule has 10 heteroatoms. The lowest BCUT2D eigenvalue weighted by Gasteiger charge is -2.29. The Balaban J connectivity index is 1.75. The predicted molar refractivity (Wildman–Crippen MR) is 109 cm³/mol. The van der Waals surface area contributed by atoms with E-state index in [0.29, 0.717) is 5.82 Å². The maximum Gasteiger partial charge on any atom is 0.246 e. The number of amides is 1. The molecule has 3 aromatic rings. The average Bonchev–Trinajstić information content (AvgIpc) is 3.20. The van der Waals surface area contributed by atoms with E-state index in [-0.39, 0.29) is 24.5 Å². The highest BCUT2D eigenvalue weighted by Gasteiger charge is 2.31. The van der Waals surface area contributed by atoms with Gasteiger partial charge in [-0.25, -0.2) is 12.8 Å². The summed E-state index contributed by atoms with van der Waals surface area (Å²) in [6.07, 6.45) is 1.20. The number of anilines is 1. The smallest absolute Gasteiger partial charge is 0.246 e. The maximum absolute atomic E-state index is 13.3. The van der Waals surface area contributed by atoms with Crippen molar-refractivity contribution in [1.29, 1.82) is 0 Å². The number of carbonyl (C=O) groups is 1. The van der Waals surface area contributed by atoms with Crippen LogP contribution < -0.4 is 9.62 Å². The maximum atomic E-state index is 13.3. The second kappa shape index (κ2) is 9.04. The molecule has 1 heterocycles. The Morgan fingerprint density at radius 3 is 2.43 bits per heavy atom. The van der Waals surface area contributed by atoms with Crippen molar-refractivity contribution >= 4 is 21.6 Å². The van der Waals surface area contributed by atoms with Gasteiger partial charge in [0.25, 0.3) is 0 Å². The van der Waals surface area contributed by atoms with Crippen LogP contribution >= 0.6 is 0 Å². The van der Waals surface area contributed by atoms with Crippen LogP contribution in [0.2, 0.25) is 0 Å². The molecule has 0 aliphatic heterocycles. The molecule has 0 aliphatic rings. The van der Waals surface area contributed by atoms with Crippen LogP contribution in [-0.4, -0.2) is 36.8 Å². The molecule has 0 radical (unpaired) electrons. The van der Waals surface area contributed by atoms with Crippen molar-refractivity contribution < 1.29 is 22.1 Å². The van der Waals surface area contributed by atoms with E-state index < -0.39 is 27.8 Å². The van der Waals surface area contributed by atoms with Gasteiger partial charge in [0.05, 0.1) is 18.5 Å². The number of hydrogen-bond acceptors (Lipinski definition) is 6. The van der Waals surface area contributed by atoms with E-state index in [1.807, 2.05) is 30.3 Å². The predicted octanol–water partition coefficient (Wildman–Crippen LogP) is 2.74. The monoisotopic (exact) mass is 432 g/mol. The Labute approximate surface area is 173 Å². The van der Waals surface area contributed by atoms with Gasteiger partial charge in [-0.1, -0.05) is 42.4 Å².